The third-order valence-corrected chi connectivity index (χ3v) is 3.93. The van der Waals surface area contributed by atoms with Crippen LogP contribution in [0.15, 0.2) is 48.5 Å². The summed E-state index contributed by atoms with van der Waals surface area (Å²) >= 11 is 0. The Balaban J connectivity index is 2.17. The molecule has 2 rings (SSSR count). The Morgan fingerprint density at radius 2 is 1.81 bits per heavy atom. The highest BCUT2D eigenvalue weighted by Crippen LogP contribution is 2.17. The molecule has 0 saturated carbocycles. The van der Waals surface area contributed by atoms with Crippen LogP contribution in [0.5, 0.6) is 0 Å². The molecule has 2 aromatic carbocycles. The number of halogens is 1. The summed E-state index contributed by atoms with van der Waals surface area (Å²) in [4.78, 5) is 10.7. The summed E-state index contributed by atoms with van der Waals surface area (Å²) in [5, 5.41) is 8.71. The van der Waals surface area contributed by atoms with Crippen molar-refractivity contribution in [2.45, 2.75) is 5.75 Å². The summed E-state index contributed by atoms with van der Waals surface area (Å²) in [6.07, 6.45) is 0. The van der Waals surface area contributed by atoms with E-state index in [0.717, 1.165) is 12.1 Å². The Hall–Kier alpha value is -2.41. The van der Waals surface area contributed by atoms with E-state index in [-0.39, 0.29) is 11.4 Å². The first-order valence-corrected chi connectivity index (χ1v) is 7.60. The van der Waals surface area contributed by atoms with Crippen molar-refractivity contribution >= 4 is 21.7 Å². The monoisotopic (exact) mass is 309 g/mol. The molecule has 0 saturated heterocycles. The fourth-order valence-electron chi connectivity index (χ4n) is 1.76. The number of hydrogen-bond acceptors (Lipinski definition) is 3. The minimum atomic E-state index is -3.70. The van der Waals surface area contributed by atoms with Crippen molar-refractivity contribution in [2.24, 2.45) is 0 Å². The fourth-order valence-corrected chi connectivity index (χ4v) is 2.95. The maximum absolute atomic E-state index is 13.5. The van der Waals surface area contributed by atoms with Crippen LogP contribution in [0.2, 0.25) is 0 Å². The van der Waals surface area contributed by atoms with Gasteiger partial charge in [-0.1, -0.05) is 30.3 Å². The molecule has 7 heteroatoms. The standard InChI is InChI=1S/C14H12FNO4S/c15-13-8-11(6-7-12(13)14(17)18)16-21(19,20)9-10-4-2-1-3-5-10/h1-8,16H,9H2,(H,17,18). The van der Waals surface area contributed by atoms with E-state index in [9.17, 15) is 17.6 Å². The van der Waals surface area contributed by atoms with E-state index in [1.165, 1.54) is 6.07 Å². The van der Waals surface area contributed by atoms with Crippen LogP contribution in [0, 0.1) is 5.82 Å². The van der Waals surface area contributed by atoms with Gasteiger partial charge in [0.15, 0.2) is 0 Å². The minimum Gasteiger partial charge on any atom is -0.478 e. The first-order chi connectivity index (χ1) is 9.87. The predicted molar refractivity (Wildman–Crippen MR) is 76.0 cm³/mol. The zero-order chi connectivity index (χ0) is 15.5. The summed E-state index contributed by atoms with van der Waals surface area (Å²) in [7, 11) is -3.70. The number of nitrogens with one attached hydrogen (secondary N) is 1. The van der Waals surface area contributed by atoms with Gasteiger partial charge in [0.1, 0.15) is 5.82 Å². The van der Waals surface area contributed by atoms with E-state index < -0.39 is 27.4 Å². The second-order valence-electron chi connectivity index (χ2n) is 4.35. The average Bonchev–Trinajstić information content (AvgIpc) is 2.38. The molecule has 110 valence electrons. The molecule has 0 radical (unpaired) electrons. The number of carboxylic acid groups (broad SMARTS) is 1. The van der Waals surface area contributed by atoms with Gasteiger partial charge >= 0.3 is 5.97 Å². The maximum Gasteiger partial charge on any atom is 0.338 e. The van der Waals surface area contributed by atoms with Crippen molar-refractivity contribution in [1.82, 2.24) is 0 Å². The molecule has 2 N–H and O–H groups in total. The van der Waals surface area contributed by atoms with Gasteiger partial charge in [-0.2, -0.15) is 0 Å². The zero-order valence-electron chi connectivity index (χ0n) is 10.8. The van der Waals surface area contributed by atoms with Gasteiger partial charge in [-0.05, 0) is 23.8 Å². The molecule has 0 fully saturated rings. The molecule has 0 amide bonds. The lowest BCUT2D eigenvalue weighted by Crippen LogP contribution is -2.15. The van der Waals surface area contributed by atoms with Gasteiger partial charge in [-0.3, -0.25) is 4.72 Å². The Kier molecular flexibility index (Phi) is 4.23. The normalized spacial score (nSPS) is 11.1. The number of benzene rings is 2. The average molecular weight is 309 g/mol. The van der Waals surface area contributed by atoms with E-state index in [1.54, 1.807) is 30.3 Å². The summed E-state index contributed by atoms with van der Waals surface area (Å²) in [5.41, 5.74) is 0.0575. The highest BCUT2D eigenvalue weighted by Gasteiger charge is 2.15. The number of anilines is 1. The van der Waals surface area contributed by atoms with Gasteiger partial charge in [0, 0.05) is 0 Å². The highest BCUT2D eigenvalue weighted by molar-refractivity contribution is 7.91. The zero-order valence-corrected chi connectivity index (χ0v) is 11.6. The Morgan fingerprint density at radius 1 is 1.14 bits per heavy atom. The number of hydrogen-bond donors (Lipinski definition) is 2. The molecule has 0 aliphatic rings. The summed E-state index contributed by atoms with van der Waals surface area (Å²) < 4.78 is 39.6. The fraction of sp³-hybridized carbons (Fsp3) is 0.0714. The Bertz CT molecular complexity index is 760. The van der Waals surface area contributed by atoms with Gasteiger partial charge in [0.05, 0.1) is 17.0 Å². The number of aromatic carboxylic acids is 1. The molecule has 0 spiro atoms. The number of rotatable bonds is 5. The van der Waals surface area contributed by atoms with Crippen LogP contribution in [0.25, 0.3) is 0 Å². The minimum absolute atomic E-state index is 0.0200. The first kappa shape index (κ1) is 15.0. The van der Waals surface area contributed by atoms with Crippen LogP contribution in [0.3, 0.4) is 0 Å². The van der Waals surface area contributed by atoms with Crippen LogP contribution >= 0.6 is 0 Å². The first-order valence-electron chi connectivity index (χ1n) is 5.95. The van der Waals surface area contributed by atoms with Crippen molar-refractivity contribution in [3.05, 3.63) is 65.5 Å². The van der Waals surface area contributed by atoms with Crippen LogP contribution in [-0.4, -0.2) is 19.5 Å². The van der Waals surface area contributed by atoms with Crippen molar-refractivity contribution in [2.75, 3.05) is 4.72 Å². The quantitative estimate of drug-likeness (QED) is 0.888. The van der Waals surface area contributed by atoms with Gasteiger partial charge in [0.25, 0.3) is 0 Å². The molecule has 0 aliphatic carbocycles. The third-order valence-electron chi connectivity index (χ3n) is 2.67. The molecular formula is C14H12FNO4S. The second kappa shape index (κ2) is 5.92. The SMILES string of the molecule is O=C(O)c1ccc(NS(=O)(=O)Cc2ccccc2)cc1F. The van der Waals surface area contributed by atoms with E-state index in [4.69, 9.17) is 5.11 Å². The predicted octanol–water partition coefficient (Wildman–Crippen LogP) is 2.47. The number of carbonyl (C=O) groups is 1. The molecule has 0 unspecified atom stereocenters. The molecule has 2 aromatic rings. The van der Waals surface area contributed by atoms with Crippen LogP contribution in [-0.2, 0) is 15.8 Å². The largest absolute Gasteiger partial charge is 0.478 e. The van der Waals surface area contributed by atoms with E-state index in [1.807, 2.05) is 0 Å². The number of carboxylic acids is 1. The van der Waals surface area contributed by atoms with Crippen LogP contribution in [0.1, 0.15) is 15.9 Å². The molecule has 0 bridgehead atoms. The van der Waals surface area contributed by atoms with Gasteiger partial charge in [0.2, 0.25) is 10.0 Å². The van der Waals surface area contributed by atoms with E-state index in [0.29, 0.717) is 5.56 Å². The van der Waals surface area contributed by atoms with Crippen molar-refractivity contribution < 1.29 is 22.7 Å². The Labute approximate surface area is 121 Å². The van der Waals surface area contributed by atoms with E-state index >= 15 is 0 Å². The molecule has 0 heterocycles. The molecule has 0 aromatic heterocycles. The lowest BCUT2D eigenvalue weighted by atomic mass is 10.2. The summed E-state index contributed by atoms with van der Waals surface area (Å²) in [6.45, 7) is 0. The van der Waals surface area contributed by atoms with Crippen molar-refractivity contribution in [3.63, 3.8) is 0 Å². The Morgan fingerprint density at radius 3 is 2.38 bits per heavy atom. The molecule has 0 atom stereocenters. The van der Waals surface area contributed by atoms with Crippen LogP contribution < -0.4 is 4.72 Å². The lowest BCUT2D eigenvalue weighted by molar-refractivity contribution is 0.0692. The van der Waals surface area contributed by atoms with E-state index in [2.05, 4.69) is 4.72 Å². The molecule has 21 heavy (non-hydrogen) atoms. The number of sulfonamides is 1. The molecule has 5 nitrogen and oxygen atoms in total. The lowest BCUT2D eigenvalue weighted by Gasteiger charge is -2.09. The third kappa shape index (κ3) is 4.03. The smallest absolute Gasteiger partial charge is 0.338 e. The van der Waals surface area contributed by atoms with Crippen molar-refractivity contribution in [1.29, 1.82) is 0 Å². The van der Waals surface area contributed by atoms with Gasteiger partial charge in [-0.25, -0.2) is 17.6 Å². The summed E-state index contributed by atoms with van der Waals surface area (Å²) in [6, 6.07) is 11.6. The summed E-state index contributed by atoms with van der Waals surface area (Å²) in [5.74, 6) is -2.66. The maximum atomic E-state index is 13.5. The molecular weight excluding hydrogens is 297 g/mol. The van der Waals surface area contributed by atoms with Gasteiger partial charge < -0.3 is 5.11 Å². The highest BCUT2D eigenvalue weighted by atomic mass is 32.2. The topological polar surface area (TPSA) is 83.5 Å². The van der Waals surface area contributed by atoms with Gasteiger partial charge in [-0.15, -0.1) is 0 Å². The molecule has 0 aliphatic heterocycles. The van der Waals surface area contributed by atoms with Crippen molar-refractivity contribution in [3.8, 4) is 0 Å². The second-order valence-corrected chi connectivity index (χ2v) is 6.07. The van der Waals surface area contributed by atoms with Crippen LogP contribution in [0.4, 0.5) is 10.1 Å².